The molecular formula is C17H15NOS. The molecule has 0 bridgehead atoms. The van der Waals surface area contributed by atoms with E-state index in [0.717, 1.165) is 15.8 Å². The Morgan fingerprint density at radius 1 is 1.10 bits per heavy atom. The zero-order valence-corrected chi connectivity index (χ0v) is 12.3. The topological polar surface area (TPSA) is 30.0 Å². The number of carbonyl (C=O) groups is 1. The van der Waals surface area contributed by atoms with Crippen LogP contribution in [0.15, 0.2) is 42.5 Å². The van der Waals surface area contributed by atoms with Gasteiger partial charge in [-0.2, -0.15) is 0 Å². The highest BCUT2D eigenvalue weighted by Gasteiger charge is 2.14. The van der Waals surface area contributed by atoms with Crippen LogP contribution in [0.5, 0.6) is 0 Å². The Labute approximate surface area is 122 Å². The average molecular weight is 281 g/mol. The third-order valence-corrected chi connectivity index (χ3v) is 4.68. The van der Waals surface area contributed by atoms with E-state index in [2.05, 4.69) is 24.9 Å². The first-order chi connectivity index (χ1) is 9.65. The first-order valence-electron chi connectivity index (χ1n) is 6.59. The maximum Gasteiger partial charge on any atom is 0.195 e. The lowest BCUT2D eigenvalue weighted by Crippen LogP contribution is -2.05. The molecule has 20 heavy (non-hydrogen) atoms. The summed E-state index contributed by atoms with van der Waals surface area (Å²) in [7, 11) is 0. The summed E-state index contributed by atoms with van der Waals surface area (Å²) in [6.07, 6.45) is 0.424. The molecule has 0 amide bonds. The molecule has 0 N–H and O–H groups in total. The molecule has 0 aliphatic heterocycles. The van der Waals surface area contributed by atoms with Gasteiger partial charge in [0.1, 0.15) is 0 Å². The van der Waals surface area contributed by atoms with E-state index >= 15 is 0 Å². The largest absolute Gasteiger partial charge is 0.291 e. The predicted octanol–water partition coefficient (Wildman–Crippen LogP) is 4.34. The van der Waals surface area contributed by atoms with Crippen molar-refractivity contribution >= 4 is 27.3 Å². The van der Waals surface area contributed by atoms with E-state index in [-0.39, 0.29) is 5.78 Å². The summed E-state index contributed by atoms with van der Waals surface area (Å²) in [4.78, 5) is 16.8. The van der Waals surface area contributed by atoms with Crippen LogP contribution in [0, 0.1) is 13.8 Å². The highest BCUT2D eigenvalue weighted by atomic mass is 32.1. The van der Waals surface area contributed by atoms with Gasteiger partial charge in [-0.05, 0) is 42.7 Å². The van der Waals surface area contributed by atoms with Crippen molar-refractivity contribution in [2.75, 3.05) is 0 Å². The number of thiazole rings is 1. The Bertz CT molecular complexity index is 756. The highest BCUT2D eigenvalue weighted by molar-refractivity contribution is 7.20. The molecule has 0 aliphatic carbocycles. The molecule has 0 radical (unpaired) electrons. The zero-order chi connectivity index (χ0) is 14.1. The number of ketones is 1. The molecule has 1 aromatic heterocycles. The highest BCUT2D eigenvalue weighted by Crippen LogP contribution is 2.23. The van der Waals surface area contributed by atoms with Crippen molar-refractivity contribution in [1.29, 1.82) is 0 Å². The first-order valence-corrected chi connectivity index (χ1v) is 7.40. The number of aryl methyl sites for hydroxylation is 1. The molecule has 0 atom stereocenters. The number of hydrogen-bond donors (Lipinski definition) is 0. The second-order valence-corrected chi connectivity index (χ2v) is 5.98. The van der Waals surface area contributed by atoms with Gasteiger partial charge in [0.05, 0.1) is 10.2 Å². The van der Waals surface area contributed by atoms with Crippen molar-refractivity contribution < 1.29 is 4.79 Å². The maximum absolute atomic E-state index is 12.4. The molecule has 1 heterocycles. The van der Waals surface area contributed by atoms with Gasteiger partial charge >= 0.3 is 0 Å². The minimum absolute atomic E-state index is 0.0971. The van der Waals surface area contributed by atoms with E-state index in [1.165, 1.54) is 22.5 Å². The van der Waals surface area contributed by atoms with E-state index in [1.807, 2.05) is 36.4 Å². The van der Waals surface area contributed by atoms with Crippen LogP contribution >= 0.6 is 11.3 Å². The summed E-state index contributed by atoms with van der Waals surface area (Å²) in [5, 5.41) is 0.604. The number of carbonyl (C=O) groups excluding carboxylic acids is 1. The molecule has 0 fully saturated rings. The smallest absolute Gasteiger partial charge is 0.195 e. The molecular weight excluding hydrogens is 266 g/mol. The monoisotopic (exact) mass is 281 g/mol. The number of nitrogens with zero attached hydrogens (tertiary/aromatic N) is 1. The Morgan fingerprint density at radius 2 is 1.90 bits per heavy atom. The fraction of sp³-hybridized carbons (Fsp3) is 0.176. The third kappa shape index (κ3) is 2.37. The van der Waals surface area contributed by atoms with Crippen LogP contribution in [-0.2, 0) is 6.42 Å². The van der Waals surface area contributed by atoms with Gasteiger partial charge in [0.15, 0.2) is 10.8 Å². The normalized spacial score (nSPS) is 10.9. The van der Waals surface area contributed by atoms with E-state index in [9.17, 15) is 4.79 Å². The van der Waals surface area contributed by atoms with Gasteiger partial charge in [-0.1, -0.05) is 30.3 Å². The second kappa shape index (κ2) is 5.17. The molecule has 0 saturated heterocycles. The number of para-hydroxylation sites is 1. The van der Waals surface area contributed by atoms with E-state index in [0.29, 0.717) is 11.4 Å². The fourth-order valence-electron chi connectivity index (χ4n) is 2.24. The summed E-state index contributed by atoms with van der Waals surface area (Å²) in [5.41, 5.74) is 4.41. The lowest BCUT2D eigenvalue weighted by Gasteiger charge is -2.06. The molecule has 3 aromatic rings. The van der Waals surface area contributed by atoms with E-state index < -0.39 is 0 Å². The van der Waals surface area contributed by atoms with Crippen LogP contribution in [0.4, 0.5) is 0 Å². The maximum atomic E-state index is 12.4. The molecule has 100 valence electrons. The Kier molecular flexibility index (Phi) is 3.36. The molecule has 0 unspecified atom stereocenters. The van der Waals surface area contributed by atoms with Crippen LogP contribution in [0.2, 0.25) is 0 Å². The number of aromatic nitrogens is 1. The summed E-state index contributed by atoms with van der Waals surface area (Å²) < 4.78 is 1.07. The number of hydrogen-bond acceptors (Lipinski definition) is 3. The van der Waals surface area contributed by atoms with E-state index in [4.69, 9.17) is 0 Å². The first kappa shape index (κ1) is 13.0. The third-order valence-electron chi connectivity index (χ3n) is 3.60. The van der Waals surface area contributed by atoms with Crippen LogP contribution in [-0.4, -0.2) is 10.8 Å². The molecule has 2 aromatic carbocycles. The van der Waals surface area contributed by atoms with Crippen molar-refractivity contribution in [3.8, 4) is 0 Å². The summed E-state index contributed by atoms with van der Waals surface area (Å²) in [6.45, 7) is 4.14. The predicted molar refractivity (Wildman–Crippen MR) is 83.6 cm³/mol. The molecule has 0 spiro atoms. The summed E-state index contributed by atoms with van der Waals surface area (Å²) >= 11 is 1.47. The molecule has 3 rings (SSSR count). The van der Waals surface area contributed by atoms with Crippen molar-refractivity contribution in [2.45, 2.75) is 20.3 Å². The zero-order valence-electron chi connectivity index (χ0n) is 11.5. The van der Waals surface area contributed by atoms with Crippen molar-refractivity contribution in [3.63, 3.8) is 0 Å². The lowest BCUT2D eigenvalue weighted by molar-refractivity contribution is 0.0992. The van der Waals surface area contributed by atoms with Crippen LogP contribution in [0.3, 0.4) is 0 Å². The van der Waals surface area contributed by atoms with Gasteiger partial charge in [-0.3, -0.25) is 4.79 Å². The van der Waals surface area contributed by atoms with Gasteiger partial charge in [0.25, 0.3) is 0 Å². The SMILES string of the molecule is Cc1cccc(CC(=O)c2nc3ccccc3s2)c1C. The Hall–Kier alpha value is -2.00. The quantitative estimate of drug-likeness (QED) is 0.668. The van der Waals surface area contributed by atoms with Crippen molar-refractivity contribution in [3.05, 3.63) is 64.2 Å². The second-order valence-electron chi connectivity index (χ2n) is 4.95. The summed E-state index contributed by atoms with van der Waals surface area (Å²) in [6, 6.07) is 14.0. The van der Waals surface area contributed by atoms with Crippen LogP contribution in [0.25, 0.3) is 10.2 Å². The summed E-state index contributed by atoms with van der Waals surface area (Å²) in [5.74, 6) is 0.0971. The number of fused-ring (bicyclic) bond motifs is 1. The van der Waals surface area contributed by atoms with Gasteiger partial charge < -0.3 is 0 Å². The molecule has 0 saturated carbocycles. The number of Topliss-reactive ketones (excluding diaryl/α,β-unsaturated/α-hetero) is 1. The standard InChI is InChI=1S/C17H15NOS/c1-11-6-5-7-13(12(11)2)10-15(19)17-18-14-8-3-4-9-16(14)20-17/h3-9H,10H2,1-2H3. The van der Waals surface area contributed by atoms with E-state index in [1.54, 1.807) is 0 Å². The van der Waals surface area contributed by atoms with Gasteiger partial charge in [0, 0.05) is 6.42 Å². The van der Waals surface area contributed by atoms with Crippen LogP contribution < -0.4 is 0 Å². The number of benzene rings is 2. The van der Waals surface area contributed by atoms with Gasteiger partial charge in [-0.15, -0.1) is 11.3 Å². The molecule has 0 aliphatic rings. The van der Waals surface area contributed by atoms with Gasteiger partial charge in [-0.25, -0.2) is 4.98 Å². The number of rotatable bonds is 3. The molecule has 3 heteroatoms. The Morgan fingerprint density at radius 3 is 2.70 bits per heavy atom. The molecule has 2 nitrogen and oxygen atoms in total. The van der Waals surface area contributed by atoms with Crippen molar-refractivity contribution in [1.82, 2.24) is 4.98 Å². The van der Waals surface area contributed by atoms with Crippen LogP contribution in [0.1, 0.15) is 26.5 Å². The van der Waals surface area contributed by atoms with Crippen molar-refractivity contribution in [2.24, 2.45) is 0 Å². The average Bonchev–Trinajstić information content (AvgIpc) is 2.88. The Balaban J connectivity index is 1.91. The minimum atomic E-state index is 0.0971. The fourth-order valence-corrected chi connectivity index (χ4v) is 3.15. The minimum Gasteiger partial charge on any atom is -0.291 e. The van der Waals surface area contributed by atoms with Gasteiger partial charge in [0.2, 0.25) is 0 Å². The lowest BCUT2D eigenvalue weighted by atomic mass is 9.99.